The number of carbonyl (C=O) groups excluding carboxylic acids is 2. The number of hydrogen-bond donors (Lipinski definition) is 3. The van der Waals surface area contributed by atoms with Crippen LogP contribution in [0.3, 0.4) is 0 Å². The van der Waals surface area contributed by atoms with Crippen molar-refractivity contribution in [3.05, 3.63) is 95.1 Å². The lowest BCUT2D eigenvalue weighted by atomic mass is 9.91. The van der Waals surface area contributed by atoms with Gasteiger partial charge in [-0.1, -0.05) is 85.4 Å². The van der Waals surface area contributed by atoms with Gasteiger partial charge in [0.05, 0.1) is 25.4 Å². The fraction of sp³-hybridized carbons (Fsp3) is 0.364. The number of carbonyl (C=O) groups is 2. The molecule has 3 aromatic carbocycles. The molecule has 0 bridgehead atoms. The van der Waals surface area contributed by atoms with E-state index in [-0.39, 0.29) is 37.9 Å². The molecule has 2 heterocycles. The van der Waals surface area contributed by atoms with Gasteiger partial charge in [0.2, 0.25) is 5.16 Å². The highest BCUT2D eigenvalue weighted by molar-refractivity contribution is 7.99. The Kier molecular flexibility index (Phi) is 11.4. The Morgan fingerprint density at radius 1 is 0.978 bits per heavy atom. The number of aliphatic hydroxyl groups excluding tert-OH is 1. The van der Waals surface area contributed by atoms with Crippen molar-refractivity contribution in [3.63, 3.8) is 0 Å². The molecule has 0 radical (unpaired) electrons. The highest BCUT2D eigenvalue weighted by atomic mass is 32.2. The number of thioether (sulfide) groups is 1. The van der Waals surface area contributed by atoms with Crippen molar-refractivity contribution >= 4 is 23.8 Å². The molecule has 4 atom stereocenters. The smallest absolute Gasteiger partial charge is 0.325 e. The van der Waals surface area contributed by atoms with Gasteiger partial charge in [0.25, 0.3) is 0 Å². The molecule has 1 aliphatic rings. The Morgan fingerprint density at radius 3 is 2.43 bits per heavy atom. The summed E-state index contributed by atoms with van der Waals surface area (Å²) in [5, 5.41) is 27.3. The maximum absolute atomic E-state index is 12.1. The summed E-state index contributed by atoms with van der Waals surface area (Å²) < 4.78 is 19.6. The molecule has 242 valence electrons. The topological polar surface area (TPSA) is 150 Å². The summed E-state index contributed by atoms with van der Waals surface area (Å²) in [5.74, 6) is 0.191. The number of tetrazole rings is 1. The summed E-state index contributed by atoms with van der Waals surface area (Å²) in [6, 6.07) is 23.3. The van der Waals surface area contributed by atoms with Crippen LogP contribution in [0.1, 0.15) is 48.5 Å². The maximum atomic E-state index is 12.1. The molecule has 13 heteroatoms. The van der Waals surface area contributed by atoms with Crippen molar-refractivity contribution in [3.8, 4) is 11.1 Å². The Balaban J connectivity index is 1.28. The van der Waals surface area contributed by atoms with Gasteiger partial charge in [-0.15, -0.1) is 5.10 Å². The number of ether oxygens (including phenoxy) is 3. The average molecular weight is 647 g/mol. The number of nitrogens with one attached hydrogen (secondary N) is 2. The minimum absolute atomic E-state index is 0.0175. The summed E-state index contributed by atoms with van der Waals surface area (Å²) in [7, 11) is 1.81. The molecule has 0 spiro atoms. The van der Waals surface area contributed by atoms with E-state index in [0.29, 0.717) is 17.5 Å². The van der Waals surface area contributed by atoms with Crippen LogP contribution in [-0.2, 0) is 39.2 Å². The number of hydrogen-bond acceptors (Lipinski definition) is 10. The maximum Gasteiger partial charge on any atom is 0.325 e. The summed E-state index contributed by atoms with van der Waals surface area (Å²) in [4.78, 5) is 23.6. The van der Waals surface area contributed by atoms with E-state index in [0.717, 1.165) is 33.4 Å². The molecule has 1 saturated heterocycles. The monoisotopic (exact) mass is 646 g/mol. The lowest BCUT2D eigenvalue weighted by Gasteiger charge is -2.41. The van der Waals surface area contributed by atoms with Gasteiger partial charge in [-0.3, -0.25) is 4.79 Å². The quantitative estimate of drug-likeness (QED) is 0.150. The summed E-state index contributed by atoms with van der Waals surface area (Å²) in [6.07, 6.45) is -0.978. The first-order valence-electron chi connectivity index (χ1n) is 15.1. The van der Waals surface area contributed by atoms with Crippen LogP contribution in [0.25, 0.3) is 11.1 Å². The molecule has 0 aliphatic carbocycles. The number of esters is 1. The van der Waals surface area contributed by atoms with E-state index in [1.54, 1.807) is 11.6 Å². The van der Waals surface area contributed by atoms with Crippen LogP contribution >= 0.6 is 11.8 Å². The number of benzene rings is 3. The molecular formula is C33H38N6O6S. The van der Waals surface area contributed by atoms with Crippen molar-refractivity contribution in [1.82, 2.24) is 30.8 Å². The van der Waals surface area contributed by atoms with Crippen LogP contribution in [0.4, 0.5) is 4.79 Å². The summed E-state index contributed by atoms with van der Waals surface area (Å²) >= 11 is 1.54. The average Bonchev–Trinajstić information content (AvgIpc) is 3.50. The second-order valence-electron chi connectivity index (χ2n) is 10.9. The molecule has 12 nitrogen and oxygen atoms in total. The number of amides is 2. The number of aryl methyl sites for hydroxylation is 1. The van der Waals surface area contributed by atoms with Crippen LogP contribution in [-0.4, -0.2) is 62.3 Å². The molecule has 5 rings (SSSR count). The van der Waals surface area contributed by atoms with Crippen molar-refractivity contribution < 1.29 is 28.9 Å². The van der Waals surface area contributed by atoms with Crippen molar-refractivity contribution in [2.75, 3.05) is 18.9 Å². The van der Waals surface area contributed by atoms with E-state index in [9.17, 15) is 14.7 Å². The van der Waals surface area contributed by atoms with E-state index in [2.05, 4.69) is 33.1 Å². The molecule has 1 fully saturated rings. The number of nitrogens with zero attached hydrogens (tertiary/aromatic N) is 4. The molecule has 4 aromatic rings. The highest BCUT2D eigenvalue weighted by Crippen LogP contribution is 2.43. The van der Waals surface area contributed by atoms with E-state index >= 15 is 0 Å². The Bertz CT molecular complexity index is 1600. The molecular weight excluding hydrogens is 608 g/mol. The zero-order valence-electron chi connectivity index (χ0n) is 26.0. The van der Waals surface area contributed by atoms with Gasteiger partial charge < -0.3 is 30.0 Å². The van der Waals surface area contributed by atoms with Crippen molar-refractivity contribution in [2.24, 2.45) is 13.0 Å². The minimum atomic E-state index is -0.598. The molecule has 1 aromatic heterocycles. The normalized spacial score (nSPS) is 19.4. The molecule has 2 amide bonds. The summed E-state index contributed by atoms with van der Waals surface area (Å²) in [6.45, 7) is 4.19. The Morgan fingerprint density at radius 2 is 1.74 bits per heavy atom. The predicted octanol–water partition coefficient (Wildman–Crippen LogP) is 4.32. The molecule has 0 saturated carbocycles. The fourth-order valence-corrected chi connectivity index (χ4v) is 6.13. The van der Waals surface area contributed by atoms with Crippen LogP contribution in [0.5, 0.6) is 0 Å². The third kappa shape index (κ3) is 8.49. The molecule has 4 unspecified atom stereocenters. The third-order valence-electron chi connectivity index (χ3n) is 7.68. The number of rotatable bonds is 12. The molecule has 1 aliphatic heterocycles. The first-order valence-corrected chi connectivity index (χ1v) is 16.1. The van der Waals surface area contributed by atoms with Gasteiger partial charge in [0, 0.05) is 30.8 Å². The van der Waals surface area contributed by atoms with Crippen LogP contribution in [0, 0.1) is 5.92 Å². The zero-order chi connectivity index (χ0) is 32.5. The first-order chi connectivity index (χ1) is 22.3. The highest BCUT2D eigenvalue weighted by Gasteiger charge is 2.38. The molecule has 46 heavy (non-hydrogen) atoms. The van der Waals surface area contributed by atoms with Crippen LogP contribution in [0.2, 0.25) is 0 Å². The van der Waals surface area contributed by atoms with E-state index in [1.807, 2.05) is 79.8 Å². The Hall–Kier alpha value is -4.30. The van der Waals surface area contributed by atoms with E-state index < -0.39 is 18.3 Å². The van der Waals surface area contributed by atoms with E-state index in [1.165, 1.54) is 11.8 Å². The number of aromatic nitrogens is 4. The number of urea groups is 1. The minimum Gasteiger partial charge on any atom is -0.465 e. The zero-order valence-corrected chi connectivity index (χ0v) is 26.8. The fourth-order valence-electron chi connectivity index (χ4n) is 5.11. The number of aliphatic hydroxyl groups is 1. The van der Waals surface area contributed by atoms with Gasteiger partial charge in [-0.25, -0.2) is 9.48 Å². The van der Waals surface area contributed by atoms with Crippen LogP contribution in [0.15, 0.2) is 78.0 Å². The predicted molar refractivity (Wildman–Crippen MR) is 171 cm³/mol. The van der Waals surface area contributed by atoms with Crippen molar-refractivity contribution in [1.29, 1.82) is 0 Å². The SMILES string of the molecule is CCOC(=O)CNC(=O)NCc1cccc(-c2ccc(C3OC(CSc4nnnn4C)C(C)C(c4ccc(CO)cc4)O3)cc2)c1. The molecule has 3 N–H and O–H groups in total. The van der Waals surface area contributed by atoms with Gasteiger partial charge >= 0.3 is 12.0 Å². The second kappa shape index (κ2) is 15.8. The summed E-state index contributed by atoms with van der Waals surface area (Å²) in [5.41, 5.74) is 5.65. The van der Waals surface area contributed by atoms with Crippen molar-refractivity contribution in [2.45, 2.75) is 50.7 Å². The van der Waals surface area contributed by atoms with Gasteiger partial charge in [0.15, 0.2) is 6.29 Å². The van der Waals surface area contributed by atoms with Gasteiger partial charge in [-0.2, -0.15) is 0 Å². The first kappa shape index (κ1) is 33.1. The lowest BCUT2D eigenvalue weighted by Crippen LogP contribution is -2.38. The van der Waals surface area contributed by atoms with Gasteiger partial charge in [0.1, 0.15) is 6.54 Å². The van der Waals surface area contributed by atoms with Gasteiger partial charge in [-0.05, 0) is 51.2 Å². The second-order valence-corrected chi connectivity index (χ2v) is 11.9. The van der Waals surface area contributed by atoms with Crippen LogP contribution < -0.4 is 10.6 Å². The van der Waals surface area contributed by atoms with E-state index in [4.69, 9.17) is 14.2 Å². The Labute approximate surface area is 271 Å². The lowest BCUT2D eigenvalue weighted by molar-refractivity contribution is -0.268. The largest absolute Gasteiger partial charge is 0.465 e. The standard InChI is InChI=1S/C33H38N6O6S/c1-4-43-29(41)18-35-32(42)34-17-23-6-5-7-27(16-23)24-12-14-26(15-13-24)31-44-28(20-46-33-36-37-38-39(33)3)21(2)30(45-31)25-10-8-22(19-40)9-11-25/h5-16,21,28,30-31,40H,4,17-20H2,1-3H3,(H2,34,35,42). The third-order valence-corrected chi connectivity index (χ3v) is 8.78.